The minimum atomic E-state index is -0.211. The average molecular weight is 347 g/mol. The lowest BCUT2D eigenvalue weighted by Crippen LogP contribution is -2.38. The van der Waals surface area contributed by atoms with Crippen LogP contribution in [-0.4, -0.2) is 49.1 Å². The van der Waals surface area contributed by atoms with Gasteiger partial charge in [-0.25, -0.2) is 4.98 Å². The Morgan fingerprint density at radius 1 is 1.27 bits per heavy atom. The molecule has 0 aromatic carbocycles. The molecule has 1 aromatic rings. The van der Waals surface area contributed by atoms with E-state index in [1.165, 1.54) is 0 Å². The van der Waals surface area contributed by atoms with Crippen molar-refractivity contribution in [3.05, 3.63) is 11.0 Å². The van der Waals surface area contributed by atoms with Crippen LogP contribution >= 0.6 is 11.6 Å². The Balaban J connectivity index is 0.000000847. The van der Waals surface area contributed by atoms with Crippen LogP contribution in [-0.2, 0) is 26.5 Å². The Labute approximate surface area is 140 Å². The van der Waals surface area contributed by atoms with E-state index in [4.69, 9.17) is 20.5 Å². The Kier molecular flexibility index (Phi) is 6.74. The predicted molar refractivity (Wildman–Crippen MR) is 91.8 cm³/mol. The van der Waals surface area contributed by atoms with Crippen LogP contribution in [0.4, 0.5) is 5.82 Å². The highest BCUT2D eigenvalue weighted by Gasteiger charge is 2.41. The molecule has 22 heavy (non-hydrogen) atoms. The molecule has 1 atom stereocenters. The molecule has 0 amide bonds. The van der Waals surface area contributed by atoms with E-state index >= 15 is 0 Å². The maximum atomic E-state index is 6.09. The zero-order valence-electron chi connectivity index (χ0n) is 13.8. The summed E-state index contributed by atoms with van der Waals surface area (Å²) in [6, 6.07) is 0.446. The molecule has 0 radical (unpaired) electrons. The van der Waals surface area contributed by atoms with Crippen molar-refractivity contribution in [1.82, 2.24) is 9.97 Å². The van der Waals surface area contributed by atoms with Crippen molar-refractivity contribution in [2.75, 3.05) is 38.0 Å². The molecule has 0 spiro atoms. The number of hydrogen-bond acceptors (Lipinski definition) is 5. The average Bonchev–Trinajstić information content (AvgIpc) is 2.99. The SMILES string of the molecule is CC.CO[S+]1CCc2nc(Cl)nc(N(C)C3CCOCC3)c21. The quantitative estimate of drug-likeness (QED) is 0.622. The number of ether oxygens (including phenoxy) is 1. The van der Waals surface area contributed by atoms with Crippen molar-refractivity contribution in [3.8, 4) is 0 Å². The number of halogens is 1. The summed E-state index contributed by atoms with van der Waals surface area (Å²) in [6.07, 6.45) is 2.96. The smallest absolute Gasteiger partial charge is 0.254 e. The predicted octanol–water partition coefficient (Wildman–Crippen LogP) is 2.87. The van der Waals surface area contributed by atoms with E-state index in [-0.39, 0.29) is 11.2 Å². The number of fused-ring (bicyclic) bond motifs is 1. The molecule has 5 nitrogen and oxygen atoms in total. The maximum absolute atomic E-state index is 6.09. The van der Waals surface area contributed by atoms with Crippen LogP contribution in [0.25, 0.3) is 0 Å². The van der Waals surface area contributed by atoms with E-state index in [2.05, 4.69) is 21.9 Å². The van der Waals surface area contributed by atoms with Crippen LogP contribution in [0.5, 0.6) is 0 Å². The Hall–Kier alpha value is -0.560. The molecule has 7 heteroatoms. The highest BCUT2D eigenvalue weighted by atomic mass is 35.5. The van der Waals surface area contributed by atoms with Crippen LogP contribution in [0, 0.1) is 0 Å². The van der Waals surface area contributed by atoms with Gasteiger partial charge in [0.15, 0.2) is 22.7 Å². The lowest BCUT2D eigenvalue weighted by molar-refractivity contribution is 0.0852. The minimum Gasteiger partial charge on any atom is -0.381 e. The van der Waals surface area contributed by atoms with Crippen molar-refractivity contribution in [2.45, 2.75) is 44.0 Å². The minimum absolute atomic E-state index is 0.211. The summed E-state index contributed by atoms with van der Waals surface area (Å²) in [4.78, 5) is 12.2. The van der Waals surface area contributed by atoms with Gasteiger partial charge in [0.1, 0.15) is 5.69 Å². The molecule has 0 N–H and O–H groups in total. The molecule has 1 fully saturated rings. The van der Waals surface area contributed by atoms with E-state index in [1.807, 2.05) is 13.8 Å². The number of aromatic nitrogens is 2. The third-order valence-electron chi connectivity index (χ3n) is 3.92. The summed E-state index contributed by atoms with van der Waals surface area (Å²) in [5.74, 6) is 1.92. The number of hydrogen-bond donors (Lipinski definition) is 0. The molecule has 2 aliphatic rings. The highest BCUT2D eigenvalue weighted by Crippen LogP contribution is 2.36. The first-order valence-corrected chi connectivity index (χ1v) is 9.52. The number of rotatable bonds is 3. The number of anilines is 1. The third-order valence-corrected chi connectivity index (χ3v) is 5.94. The lowest BCUT2D eigenvalue weighted by atomic mass is 10.1. The van der Waals surface area contributed by atoms with Crippen molar-refractivity contribution in [3.63, 3.8) is 0 Å². The van der Waals surface area contributed by atoms with E-state index in [0.29, 0.717) is 11.3 Å². The van der Waals surface area contributed by atoms with Crippen LogP contribution in [0.2, 0.25) is 5.28 Å². The van der Waals surface area contributed by atoms with Crippen LogP contribution < -0.4 is 4.90 Å². The number of nitrogens with zero attached hydrogens (tertiary/aromatic N) is 3. The van der Waals surface area contributed by atoms with Crippen LogP contribution in [0.1, 0.15) is 32.4 Å². The molecule has 3 heterocycles. The van der Waals surface area contributed by atoms with Gasteiger partial charge < -0.3 is 9.64 Å². The highest BCUT2D eigenvalue weighted by molar-refractivity contribution is 7.92. The lowest BCUT2D eigenvalue weighted by Gasteiger charge is -2.32. The fraction of sp³-hybridized carbons (Fsp3) is 0.733. The van der Waals surface area contributed by atoms with Crippen molar-refractivity contribution in [1.29, 1.82) is 0 Å². The molecule has 124 valence electrons. The second-order valence-electron chi connectivity index (χ2n) is 5.01. The molecular formula is C15H25ClN3O2S+. The molecule has 3 rings (SSSR count). The van der Waals surface area contributed by atoms with E-state index < -0.39 is 0 Å². The fourth-order valence-corrected chi connectivity index (χ4v) is 4.70. The molecule has 0 saturated carbocycles. The summed E-state index contributed by atoms with van der Waals surface area (Å²) in [6.45, 7) is 5.62. The van der Waals surface area contributed by atoms with E-state index in [1.54, 1.807) is 7.11 Å². The van der Waals surface area contributed by atoms with Gasteiger partial charge in [-0.05, 0) is 24.4 Å². The van der Waals surface area contributed by atoms with E-state index in [9.17, 15) is 0 Å². The standard InChI is InChI=1S/C13H19ClN3O2S.C2H6/c1-17(9-3-6-19-7-4-9)12-11-10(15-13(14)16-12)5-8-20(11)18-2;1-2/h9H,3-8H2,1-2H3;1-2H3/q+1;. The zero-order valence-corrected chi connectivity index (χ0v) is 15.3. The molecule has 1 aromatic heterocycles. The molecular weight excluding hydrogens is 322 g/mol. The van der Waals surface area contributed by atoms with Crippen molar-refractivity contribution < 1.29 is 8.92 Å². The fourth-order valence-electron chi connectivity index (χ4n) is 2.80. The van der Waals surface area contributed by atoms with Gasteiger partial charge in [0.05, 0.1) is 7.11 Å². The van der Waals surface area contributed by atoms with Gasteiger partial charge >= 0.3 is 0 Å². The first-order chi connectivity index (χ1) is 10.7. The summed E-state index contributed by atoms with van der Waals surface area (Å²) >= 11 is 5.88. The first-order valence-electron chi connectivity index (χ1n) is 7.83. The van der Waals surface area contributed by atoms with Crippen LogP contribution in [0.3, 0.4) is 0 Å². The Morgan fingerprint density at radius 3 is 2.59 bits per heavy atom. The molecule has 1 saturated heterocycles. The monoisotopic (exact) mass is 346 g/mol. The van der Waals surface area contributed by atoms with Crippen molar-refractivity contribution >= 4 is 28.6 Å². The van der Waals surface area contributed by atoms with Gasteiger partial charge in [-0.15, -0.1) is 0 Å². The summed E-state index contributed by atoms with van der Waals surface area (Å²) in [7, 11) is 3.84. The van der Waals surface area contributed by atoms with Crippen LogP contribution in [0.15, 0.2) is 4.90 Å². The molecule has 2 aliphatic heterocycles. The van der Waals surface area contributed by atoms with Gasteiger partial charge in [0.2, 0.25) is 5.28 Å². The summed E-state index contributed by atoms with van der Waals surface area (Å²) in [5.41, 5.74) is 1.05. The Morgan fingerprint density at radius 2 is 1.95 bits per heavy atom. The zero-order chi connectivity index (χ0) is 16.1. The largest absolute Gasteiger partial charge is 0.381 e. The second-order valence-corrected chi connectivity index (χ2v) is 7.19. The molecule has 0 bridgehead atoms. The maximum Gasteiger partial charge on any atom is 0.254 e. The number of aryl methyl sites for hydroxylation is 1. The Bertz CT molecular complexity index is 498. The topological polar surface area (TPSA) is 47.5 Å². The molecule has 1 unspecified atom stereocenters. The second kappa shape index (κ2) is 8.34. The third kappa shape index (κ3) is 3.67. The van der Waals surface area contributed by atoms with Crippen molar-refractivity contribution in [2.24, 2.45) is 0 Å². The van der Waals surface area contributed by atoms with Gasteiger partial charge in [-0.3, -0.25) is 0 Å². The normalized spacial score (nSPS) is 21.0. The van der Waals surface area contributed by atoms with Gasteiger partial charge in [-0.2, -0.15) is 9.17 Å². The van der Waals surface area contributed by atoms with E-state index in [0.717, 1.165) is 54.6 Å². The summed E-state index contributed by atoms with van der Waals surface area (Å²) < 4.78 is 11.0. The van der Waals surface area contributed by atoms with Gasteiger partial charge in [-0.1, -0.05) is 13.8 Å². The summed E-state index contributed by atoms with van der Waals surface area (Å²) in [5, 5.41) is 0.333. The van der Waals surface area contributed by atoms with Gasteiger partial charge in [0, 0.05) is 32.7 Å². The van der Waals surface area contributed by atoms with Gasteiger partial charge in [0.25, 0.3) is 4.90 Å². The molecule has 0 aliphatic carbocycles. The first kappa shape index (κ1) is 17.8.